The number of ether oxygens (including phenoxy) is 2. The van der Waals surface area contributed by atoms with Crippen LogP contribution in [0.4, 0.5) is 0 Å². The van der Waals surface area contributed by atoms with Gasteiger partial charge in [0.1, 0.15) is 6.29 Å². The van der Waals surface area contributed by atoms with Gasteiger partial charge in [-0.1, -0.05) is 12.7 Å². The molecule has 100 valence electrons. The van der Waals surface area contributed by atoms with Crippen LogP contribution < -0.4 is 0 Å². The molecule has 0 heterocycles. The van der Waals surface area contributed by atoms with Crippen molar-refractivity contribution in [3.63, 3.8) is 0 Å². The number of allylic oxidation sites excluding steroid dienone is 2. The Balaban J connectivity index is 2.94. The van der Waals surface area contributed by atoms with Crippen LogP contribution in [0.3, 0.4) is 0 Å². The van der Waals surface area contributed by atoms with Gasteiger partial charge < -0.3 is 14.3 Å². The maximum atomic E-state index is 11.8. The Morgan fingerprint density at radius 2 is 2.06 bits per heavy atom. The first-order chi connectivity index (χ1) is 8.58. The van der Waals surface area contributed by atoms with Crippen LogP contribution in [0, 0.1) is 23.7 Å². The summed E-state index contributed by atoms with van der Waals surface area (Å²) in [7, 11) is 2.90. The average Bonchev–Trinajstić information content (AvgIpc) is 2.75. The van der Waals surface area contributed by atoms with Crippen molar-refractivity contribution in [1.29, 1.82) is 0 Å². The molecule has 0 N–H and O–H groups in total. The van der Waals surface area contributed by atoms with Crippen molar-refractivity contribution in [1.82, 2.24) is 0 Å². The van der Waals surface area contributed by atoms with Crippen LogP contribution in [-0.4, -0.2) is 26.5 Å². The highest BCUT2D eigenvalue weighted by molar-refractivity contribution is 5.74. The molecule has 1 aliphatic rings. The van der Waals surface area contributed by atoms with Gasteiger partial charge in [0.15, 0.2) is 0 Å². The lowest BCUT2D eigenvalue weighted by atomic mass is 9.85. The van der Waals surface area contributed by atoms with Crippen molar-refractivity contribution in [3.05, 3.63) is 25.0 Å². The Hall–Kier alpha value is -1.58. The minimum absolute atomic E-state index is 0.0151. The average molecular weight is 252 g/mol. The summed E-state index contributed by atoms with van der Waals surface area (Å²) < 4.78 is 9.85. The minimum Gasteiger partial charge on any atom is -0.502 e. The third-order valence-corrected chi connectivity index (χ3v) is 3.75. The van der Waals surface area contributed by atoms with E-state index in [1.165, 1.54) is 14.2 Å². The molecule has 0 aromatic heterocycles. The SMILES string of the molecule is C=CC1CC(C(=O)OC)C(CC(=C)OC)C1C=O. The molecule has 0 spiro atoms. The van der Waals surface area contributed by atoms with Gasteiger partial charge in [0.25, 0.3) is 0 Å². The molecular weight excluding hydrogens is 232 g/mol. The number of aldehydes is 1. The molecule has 1 saturated carbocycles. The third kappa shape index (κ3) is 2.81. The molecule has 4 atom stereocenters. The van der Waals surface area contributed by atoms with Crippen molar-refractivity contribution in [3.8, 4) is 0 Å². The van der Waals surface area contributed by atoms with Crippen molar-refractivity contribution in [2.45, 2.75) is 12.8 Å². The Bertz CT molecular complexity index is 348. The van der Waals surface area contributed by atoms with E-state index in [1.54, 1.807) is 6.08 Å². The molecule has 1 fully saturated rings. The maximum absolute atomic E-state index is 11.8. The van der Waals surface area contributed by atoms with Gasteiger partial charge in [-0.2, -0.15) is 0 Å². The van der Waals surface area contributed by atoms with E-state index in [2.05, 4.69) is 13.2 Å². The first kappa shape index (κ1) is 14.5. The second-order valence-electron chi connectivity index (χ2n) is 4.59. The van der Waals surface area contributed by atoms with E-state index >= 15 is 0 Å². The Morgan fingerprint density at radius 3 is 2.50 bits per heavy atom. The van der Waals surface area contributed by atoms with Crippen LogP contribution in [0.25, 0.3) is 0 Å². The van der Waals surface area contributed by atoms with Gasteiger partial charge in [0.05, 0.1) is 25.9 Å². The molecular formula is C14H20O4. The van der Waals surface area contributed by atoms with Crippen molar-refractivity contribution < 1.29 is 19.1 Å². The van der Waals surface area contributed by atoms with Crippen molar-refractivity contribution in [2.75, 3.05) is 14.2 Å². The van der Waals surface area contributed by atoms with Crippen LogP contribution in [0.1, 0.15) is 12.8 Å². The highest BCUT2D eigenvalue weighted by Gasteiger charge is 2.45. The fraction of sp³-hybridized carbons (Fsp3) is 0.571. The molecule has 0 radical (unpaired) electrons. The van der Waals surface area contributed by atoms with E-state index in [9.17, 15) is 9.59 Å². The monoisotopic (exact) mass is 252 g/mol. The van der Waals surface area contributed by atoms with E-state index in [4.69, 9.17) is 9.47 Å². The molecule has 0 aliphatic heterocycles. The fourth-order valence-electron chi connectivity index (χ4n) is 2.71. The Labute approximate surface area is 108 Å². The summed E-state index contributed by atoms with van der Waals surface area (Å²) in [4.78, 5) is 23.0. The molecule has 1 aliphatic carbocycles. The zero-order valence-corrected chi connectivity index (χ0v) is 10.9. The summed E-state index contributed by atoms with van der Waals surface area (Å²) in [5.41, 5.74) is 0. The molecule has 0 saturated heterocycles. The molecule has 0 bridgehead atoms. The second-order valence-corrected chi connectivity index (χ2v) is 4.59. The molecule has 0 aromatic carbocycles. The van der Waals surface area contributed by atoms with Crippen molar-refractivity contribution in [2.24, 2.45) is 23.7 Å². The van der Waals surface area contributed by atoms with E-state index in [1.807, 2.05) is 0 Å². The van der Waals surface area contributed by atoms with E-state index < -0.39 is 0 Å². The number of methoxy groups -OCH3 is 2. The quantitative estimate of drug-likeness (QED) is 0.314. The van der Waals surface area contributed by atoms with E-state index in [-0.39, 0.29) is 29.6 Å². The van der Waals surface area contributed by atoms with Crippen LogP contribution in [-0.2, 0) is 19.1 Å². The Kier molecular flexibility index (Phi) is 5.13. The lowest BCUT2D eigenvalue weighted by Gasteiger charge is -2.21. The lowest BCUT2D eigenvalue weighted by Crippen LogP contribution is -2.25. The standard InChI is InChI=1S/C14H20O4/c1-5-10-7-12(14(16)18-4)11(13(10)8-15)6-9(2)17-3/h5,8,10-13H,1-2,6-7H2,3-4H3. The van der Waals surface area contributed by atoms with Gasteiger partial charge in [-0.3, -0.25) is 4.79 Å². The molecule has 4 nitrogen and oxygen atoms in total. The van der Waals surface area contributed by atoms with Gasteiger partial charge in [-0.15, -0.1) is 6.58 Å². The first-order valence-electron chi connectivity index (χ1n) is 5.96. The molecule has 0 aromatic rings. The molecule has 4 unspecified atom stereocenters. The normalized spacial score (nSPS) is 30.6. The first-order valence-corrected chi connectivity index (χ1v) is 5.96. The van der Waals surface area contributed by atoms with Crippen LogP contribution in [0.2, 0.25) is 0 Å². The predicted octanol–water partition coefficient (Wildman–Crippen LogP) is 1.96. The van der Waals surface area contributed by atoms with E-state index in [0.717, 1.165) is 6.29 Å². The topological polar surface area (TPSA) is 52.6 Å². The van der Waals surface area contributed by atoms with Crippen molar-refractivity contribution >= 4 is 12.3 Å². The number of esters is 1. The van der Waals surface area contributed by atoms with Crippen LogP contribution in [0.5, 0.6) is 0 Å². The van der Waals surface area contributed by atoms with E-state index in [0.29, 0.717) is 18.6 Å². The number of hydrogen-bond acceptors (Lipinski definition) is 4. The summed E-state index contributed by atoms with van der Waals surface area (Å²) in [6.45, 7) is 7.49. The molecule has 0 amide bonds. The molecule has 1 rings (SSSR count). The molecule has 18 heavy (non-hydrogen) atoms. The summed E-state index contributed by atoms with van der Waals surface area (Å²) in [5, 5.41) is 0. The largest absolute Gasteiger partial charge is 0.502 e. The minimum atomic E-state index is -0.292. The predicted molar refractivity (Wildman–Crippen MR) is 67.6 cm³/mol. The summed E-state index contributed by atoms with van der Waals surface area (Å²) in [6.07, 6.45) is 3.73. The lowest BCUT2D eigenvalue weighted by molar-refractivity contribution is -0.147. The van der Waals surface area contributed by atoms with Gasteiger partial charge in [0, 0.05) is 12.3 Å². The fourth-order valence-corrected chi connectivity index (χ4v) is 2.71. The van der Waals surface area contributed by atoms with Crippen LogP contribution in [0.15, 0.2) is 25.0 Å². The van der Waals surface area contributed by atoms with Gasteiger partial charge in [-0.25, -0.2) is 0 Å². The van der Waals surface area contributed by atoms with Gasteiger partial charge >= 0.3 is 5.97 Å². The zero-order chi connectivity index (χ0) is 13.7. The summed E-state index contributed by atoms with van der Waals surface area (Å²) in [6, 6.07) is 0. The smallest absolute Gasteiger partial charge is 0.308 e. The number of carbonyl (C=O) groups excluding carboxylic acids is 2. The third-order valence-electron chi connectivity index (χ3n) is 3.75. The number of hydrogen-bond donors (Lipinski definition) is 0. The van der Waals surface area contributed by atoms with Gasteiger partial charge in [-0.05, 0) is 18.3 Å². The highest BCUT2D eigenvalue weighted by atomic mass is 16.5. The maximum Gasteiger partial charge on any atom is 0.308 e. The summed E-state index contributed by atoms with van der Waals surface area (Å²) in [5.74, 6) is -0.323. The van der Waals surface area contributed by atoms with Gasteiger partial charge in [0.2, 0.25) is 0 Å². The second kappa shape index (κ2) is 6.38. The highest BCUT2D eigenvalue weighted by Crippen LogP contribution is 2.44. The zero-order valence-electron chi connectivity index (χ0n) is 10.9. The Morgan fingerprint density at radius 1 is 1.39 bits per heavy atom. The number of rotatable bonds is 6. The van der Waals surface area contributed by atoms with Crippen LogP contribution >= 0.6 is 0 Å². The number of carbonyl (C=O) groups is 2. The molecule has 4 heteroatoms. The summed E-state index contributed by atoms with van der Waals surface area (Å²) >= 11 is 0.